The summed E-state index contributed by atoms with van der Waals surface area (Å²) in [7, 11) is 0. The molecule has 1 N–H and O–H groups in total. The van der Waals surface area contributed by atoms with Crippen LogP contribution in [0.15, 0.2) is 53.1 Å². The van der Waals surface area contributed by atoms with Crippen molar-refractivity contribution in [2.45, 2.75) is 24.7 Å². The van der Waals surface area contributed by atoms with Crippen LogP contribution in [0.25, 0.3) is 0 Å². The van der Waals surface area contributed by atoms with E-state index in [1.807, 2.05) is 18.2 Å². The molecule has 1 amide bonds. The molecule has 120 valence electrons. The van der Waals surface area contributed by atoms with E-state index in [2.05, 4.69) is 17.4 Å². The Morgan fingerprint density at radius 3 is 2.52 bits per heavy atom. The highest BCUT2D eigenvalue weighted by Gasteiger charge is 2.38. The number of carbonyl (C=O) groups is 2. The van der Waals surface area contributed by atoms with Crippen LogP contribution in [-0.4, -0.2) is 25.0 Å². The van der Waals surface area contributed by atoms with Crippen LogP contribution >= 0.6 is 0 Å². The van der Waals surface area contributed by atoms with Gasteiger partial charge in [0.1, 0.15) is 0 Å². The molecule has 0 saturated heterocycles. The van der Waals surface area contributed by atoms with E-state index in [9.17, 15) is 9.59 Å². The molecule has 0 atom stereocenters. The van der Waals surface area contributed by atoms with Crippen LogP contribution in [-0.2, 0) is 14.9 Å². The van der Waals surface area contributed by atoms with Crippen LogP contribution in [0.5, 0.6) is 0 Å². The Labute approximate surface area is 134 Å². The molecular formula is C18H19NO4. The Morgan fingerprint density at radius 1 is 1.13 bits per heavy atom. The summed E-state index contributed by atoms with van der Waals surface area (Å²) in [5.74, 6) is -0.837. The summed E-state index contributed by atoms with van der Waals surface area (Å²) < 4.78 is 9.85. The molecular weight excluding hydrogens is 294 g/mol. The van der Waals surface area contributed by atoms with E-state index >= 15 is 0 Å². The highest BCUT2D eigenvalue weighted by atomic mass is 16.5. The van der Waals surface area contributed by atoms with Gasteiger partial charge in [0, 0.05) is 12.0 Å². The second-order valence-corrected chi connectivity index (χ2v) is 5.83. The molecule has 0 spiro atoms. The summed E-state index contributed by atoms with van der Waals surface area (Å²) in [4.78, 5) is 23.5. The lowest BCUT2D eigenvalue weighted by molar-refractivity contribution is -0.124. The molecule has 1 saturated carbocycles. The number of rotatable bonds is 6. The third-order valence-electron chi connectivity index (χ3n) is 4.38. The summed E-state index contributed by atoms with van der Waals surface area (Å²) in [5.41, 5.74) is 1.27. The lowest BCUT2D eigenvalue weighted by Crippen LogP contribution is -2.46. The van der Waals surface area contributed by atoms with Gasteiger partial charge in [-0.3, -0.25) is 4.79 Å². The van der Waals surface area contributed by atoms with Crippen LogP contribution < -0.4 is 5.32 Å². The molecule has 0 aliphatic heterocycles. The molecule has 23 heavy (non-hydrogen) atoms. The van der Waals surface area contributed by atoms with Gasteiger partial charge < -0.3 is 14.5 Å². The Morgan fingerprint density at radius 2 is 1.91 bits per heavy atom. The van der Waals surface area contributed by atoms with Gasteiger partial charge in [0.2, 0.25) is 5.76 Å². The standard InChI is InChI=1S/C18H19NO4/c20-16(12-23-17(21)15-8-4-11-22-15)19-13-18(9-5-10-18)14-6-2-1-3-7-14/h1-4,6-8,11H,5,9-10,12-13H2,(H,19,20). The normalized spacial score (nSPS) is 15.5. The van der Waals surface area contributed by atoms with E-state index in [-0.39, 0.29) is 23.7 Å². The molecule has 1 aliphatic carbocycles. The van der Waals surface area contributed by atoms with E-state index in [4.69, 9.17) is 9.15 Å². The Bertz CT molecular complexity index is 660. The van der Waals surface area contributed by atoms with Gasteiger partial charge in [-0.1, -0.05) is 36.8 Å². The molecule has 1 fully saturated rings. The summed E-state index contributed by atoms with van der Waals surface area (Å²) in [6.45, 7) is 0.262. The zero-order chi connectivity index (χ0) is 16.1. The largest absolute Gasteiger partial charge is 0.457 e. The molecule has 1 aromatic heterocycles. The number of nitrogens with one attached hydrogen (secondary N) is 1. The first-order chi connectivity index (χ1) is 11.2. The predicted molar refractivity (Wildman–Crippen MR) is 84.0 cm³/mol. The molecule has 3 rings (SSSR count). The van der Waals surface area contributed by atoms with Gasteiger partial charge in [-0.05, 0) is 30.5 Å². The molecule has 0 unspecified atom stereocenters. The number of benzene rings is 1. The number of ether oxygens (including phenoxy) is 1. The molecule has 0 radical (unpaired) electrons. The summed E-state index contributed by atoms with van der Waals surface area (Å²) in [5, 5.41) is 2.88. The summed E-state index contributed by atoms with van der Waals surface area (Å²) in [6.07, 6.45) is 4.67. The minimum Gasteiger partial charge on any atom is -0.457 e. The maximum Gasteiger partial charge on any atom is 0.374 e. The zero-order valence-electron chi connectivity index (χ0n) is 12.8. The maximum atomic E-state index is 11.9. The average molecular weight is 313 g/mol. The van der Waals surface area contributed by atoms with Crippen molar-refractivity contribution in [3.05, 3.63) is 60.1 Å². The van der Waals surface area contributed by atoms with Gasteiger partial charge in [-0.15, -0.1) is 0 Å². The molecule has 1 aromatic carbocycles. The van der Waals surface area contributed by atoms with E-state index in [1.165, 1.54) is 17.9 Å². The highest BCUT2D eigenvalue weighted by molar-refractivity contribution is 5.88. The van der Waals surface area contributed by atoms with E-state index in [1.54, 1.807) is 6.07 Å². The number of esters is 1. The minimum atomic E-state index is -0.633. The zero-order valence-corrected chi connectivity index (χ0v) is 12.8. The van der Waals surface area contributed by atoms with E-state index in [0.717, 1.165) is 19.3 Å². The van der Waals surface area contributed by atoms with E-state index in [0.29, 0.717) is 6.54 Å². The van der Waals surface area contributed by atoms with Crippen molar-refractivity contribution < 1.29 is 18.7 Å². The molecule has 1 aliphatic rings. The van der Waals surface area contributed by atoms with Crippen molar-refractivity contribution in [1.29, 1.82) is 0 Å². The van der Waals surface area contributed by atoms with Gasteiger partial charge in [0.05, 0.1) is 6.26 Å². The first-order valence-corrected chi connectivity index (χ1v) is 7.72. The van der Waals surface area contributed by atoms with Crippen molar-refractivity contribution in [2.75, 3.05) is 13.2 Å². The van der Waals surface area contributed by atoms with Gasteiger partial charge in [0.25, 0.3) is 5.91 Å². The Hall–Kier alpha value is -2.56. The first-order valence-electron chi connectivity index (χ1n) is 7.72. The maximum absolute atomic E-state index is 11.9. The van der Waals surface area contributed by atoms with Crippen LogP contribution in [0.3, 0.4) is 0 Å². The number of hydrogen-bond acceptors (Lipinski definition) is 4. The minimum absolute atomic E-state index is 0.0158. The molecule has 5 heteroatoms. The molecule has 1 heterocycles. The van der Waals surface area contributed by atoms with Crippen molar-refractivity contribution in [3.8, 4) is 0 Å². The fourth-order valence-corrected chi connectivity index (χ4v) is 2.88. The number of furan rings is 1. The SMILES string of the molecule is O=C(COC(=O)c1ccco1)NCC1(c2ccccc2)CCC1. The van der Waals surface area contributed by atoms with Crippen LogP contribution in [0.1, 0.15) is 35.4 Å². The van der Waals surface area contributed by atoms with Crippen LogP contribution in [0.4, 0.5) is 0 Å². The smallest absolute Gasteiger partial charge is 0.374 e. The quantitative estimate of drug-likeness (QED) is 0.833. The lowest BCUT2D eigenvalue weighted by Gasteiger charge is -2.42. The number of carbonyl (C=O) groups excluding carboxylic acids is 2. The van der Waals surface area contributed by atoms with Gasteiger partial charge in [0.15, 0.2) is 6.61 Å². The van der Waals surface area contributed by atoms with Crippen molar-refractivity contribution >= 4 is 11.9 Å². The molecule has 5 nitrogen and oxygen atoms in total. The van der Waals surface area contributed by atoms with Gasteiger partial charge >= 0.3 is 5.97 Å². The fourth-order valence-electron chi connectivity index (χ4n) is 2.88. The summed E-state index contributed by atoms with van der Waals surface area (Å²) in [6, 6.07) is 13.3. The van der Waals surface area contributed by atoms with Crippen molar-refractivity contribution in [3.63, 3.8) is 0 Å². The highest BCUT2D eigenvalue weighted by Crippen LogP contribution is 2.43. The Balaban J connectivity index is 1.49. The average Bonchev–Trinajstić information content (AvgIpc) is 3.07. The molecule has 2 aromatic rings. The Kier molecular flexibility index (Phi) is 4.46. The predicted octanol–water partition coefficient (Wildman–Crippen LogP) is 2.67. The third kappa shape index (κ3) is 3.44. The number of hydrogen-bond donors (Lipinski definition) is 1. The first kappa shape index (κ1) is 15.3. The van der Waals surface area contributed by atoms with Crippen LogP contribution in [0, 0.1) is 0 Å². The third-order valence-corrected chi connectivity index (χ3v) is 4.38. The van der Waals surface area contributed by atoms with E-state index < -0.39 is 5.97 Å². The number of amides is 1. The second-order valence-electron chi connectivity index (χ2n) is 5.83. The van der Waals surface area contributed by atoms with Crippen LogP contribution in [0.2, 0.25) is 0 Å². The van der Waals surface area contributed by atoms with Crippen molar-refractivity contribution in [2.24, 2.45) is 0 Å². The monoisotopic (exact) mass is 313 g/mol. The van der Waals surface area contributed by atoms with Gasteiger partial charge in [-0.25, -0.2) is 4.79 Å². The second kappa shape index (κ2) is 6.69. The lowest BCUT2D eigenvalue weighted by atomic mass is 9.64. The fraction of sp³-hybridized carbons (Fsp3) is 0.333. The van der Waals surface area contributed by atoms with Gasteiger partial charge in [-0.2, -0.15) is 0 Å². The van der Waals surface area contributed by atoms with Crippen molar-refractivity contribution in [1.82, 2.24) is 5.32 Å². The molecule has 0 bridgehead atoms. The topological polar surface area (TPSA) is 68.5 Å². The summed E-state index contributed by atoms with van der Waals surface area (Å²) >= 11 is 0.